The molecule has 2 fully saturated rings. The fourth-order valence-corrected chi connectivity index (χ4v) is 3.19. The van der Waals surface area contributed by atoms with Gasteiger partial charge in [-0.15, -0.1) is 0 Å². The van der Waals surface area contributed by atoms with Crippen LogP contribution in [0.5, 0.6) is 0 Å². The van der Waals surface area contributed by atoms with Crippen molar-refractivity contribution < 1.29 is 14.6 Å². The molecular weight excluding hydrogens is 244 g/mol. The molecular formula is C14H16N2O3. The Hall–Kier alpha value is -1.43. The highest BCUT2D eigenvalue weighted by Crippen LogP contribution is 2.51. The topological polar surface area (TPSA) is 67.4 Å². The van der Waals surface area contributed by atoms with E-state index in [0.717, 1.165) is 11.0 Å². The van der Waals surface area contributed by atoms with Crippen molar-refractivity contribution in [2.45, 2.75) is 5.41 Å². The lowest BCUT2D eigenvalue weighted by Crippen LogP contribution is -2.68. The van der Waals surface area contributed by atoms with E-state index in [0.29, 0.717) is 26.4 Å². The number of nitrogens with one attached hydrogen (secondary N) is 1. The molecule has 0 radical (unpaired) electrons. The Kier molecular flexibility index (Phi) is 2.27. The van der Waals surface area contributed by atoms with E-state index >= 15 is 0 Å². The van der Waals surface area contributed by atoms with Crippen LogP contribution in [0.4, 0.5) is 0 Å². The zero-order chi connectivity index (χ0) is 12.9. The van der Waals surface area contributed by atoms with Crippen molar-refractivity contribution >= 4 is 11.0 Å². The fraction of sp³-hybridized carbons (Fsp3) is 0.500. The van der Waals surface area contributed by atoms with Gasteiger partial charge in [0.15, 0.2) is 0 Å². The minimum absolute atomic E-state index is 0.126. The summed E-state index contributed by atoms with van der Waals surface area (Å²) in [7, 11) is 0. The predicted octanol–water partition coefficient (Wildman–Crippen LogP) is 0.840. The normalized spacial score (nSPS) is 23.8. The van der Waals surface area contributed by atoms with E-state index in [1.165, 1.54) is 5.56 Å². The van der Waals surface area contributed by atoms with E-state index in [1.807, 2.05) is 6.07 Å². The fourth-order valence-electron chi connectivity index (χ4n) is 3.19. The molecule has 100 valence electrons. The maximum atomic E-state index is 9.82. The highest BCUT2D eigenvalue weighted by molar-refractivity contribution is 5.75. The number of aromatic nitrogens is 2. The van der Waals surface area contributed by atoms with Gasteiger partial charge in [-0.3, -0.25) is 0 Å². The van der Waals surface area contributed by atoms with Crippen molar-refractivity contribution in [2.75, 3.05) is 33.0 Å². The van der Waals surface area contributed by atoms with Gasteiger partial charge in [0.25, 0.3) is 0 Å². The van der Waals surface area contributed by atoms with Crippen molar-refractivity contribution in [1.82, 2.24) is 9.97 Å². The quantitative estimate of drug-likeness (QED) is 0.858. The Morgan fingerprint density at radius 1 is 1.21 bits per heavy atom. The van der Waals surface area contributed by atoms with E-state index in [4.69, 9.17) is 9.47 Å². The molecule has 0 unspecified atom stereocenters. The van der Waals surface area contributed by atoms with E-state index in [9.17, 15) is 5.11 Å². The zero-order valence-electron chi connectivity index (χ0n) is 10.6. The largest absolute Gasteiger partial charge is 0.396 e. The summed E-state index contributed by atoms with van der Waals surface area (Å²) in [4.78, 5) is 7.38. The maximum absolute atomic E-state index is 9.82. The SMILES string of the molecule is OCC1(C2(c3ccc4nc[nH]c4c3)COC2)COC1. The molecule has 1 aromatic carbocycles. The Balaban J connectivity index is 1.83. The summed E-state index contributed by atoms with van der Waals surface area (Å²) in [6.45, 7) is 2.65. The summed E-state index contributed by atoms with van der Waals surface area (Å²) in [5, 5.41) is 9.82. The van der Waals surface area contributed by atoms with Crippen LogP contribution in [-0.4, -0.2) is 48.1 Å². The van der Waals surface area contributed by atoms with E-state index in [1.54, 1.807) is 6.33 Å². The number of fused-ring (bicyclic) bond motifs is 1. The summed E-state index contributed by atoms with van der Waals surface area (Å²) >= 11 is 0. The van der Waals surface area contributed by atoms with Crippen LogP contribution in [0.2, 0.25) is 0 Å². The molecule has 4 rings (SSSR count). The number of ether oxygens (including phenoxy) is 2. The Morgan fingerprint density at radius 3 is 2.58 bits per heavy atom. The van der Waals surface area contributed by atoms with Crippen molar-refractivity contribution in [2.24, 2.45) is 5.41 Å². The lowest BCUT2D eigenvalue weighted by atomic mass is 9.57. The molecule has 0 amide bonds. The molecule has 5 nitrogen and oxygen atoms in total. The number of hydrogen-bond donors (Lipinski definition) is 2. The molecule has 2 N–H and O–H groups in total. The summed E-state index contributed by atoms with van der Waals surface area (Å²) in [6.07, 6.45) is 1.70. The van der Waals surface area contributed by atoms with Crippen molar-refractivity contribution in [1.29, 1.82) is 0 Å². The first-order valence-electron chi connectivity index (χ1n) is 6.50. The summed E-state index contributed by atoms with van der Waals surface area (Å²) < 4.78 is 10.8. The first-order chi connectivity index (χ1) is 9.30. The third-order valence-corrected chi connectivity index (χ3v) is 4.74. The molecule has 19 heavy (non-hydrogen) atoms. The van der Waals surface area contributed by atoms with Gasteiger partial charge in [-0.25, -0.2) is 4.98 Å². The second-order valence-corrected chi connectivity index (χ2v) is 5.64. The zero-order valence-corrected chi connectivity index (χ0v) is 10.6. The molecule has 0 spiro atoms. The first kappa shape index (κ1) is 11.4. The van der Waals surface area contributed by atoms with Crippen molar-refractivity contribution in [3.8, 4) is 0 Å². The van der Waals surface area contributed by atoms with Crippen LogP contribution in [0.25, 0.3) is 11.0 Å². The Morgan fingerprint density at radius 2 is 2.00 bits per heavy atom. The van der Waals surface area contributed by atoms with Crippen LogP contribution in [0.3, 0.4) is 0 Å². The van der Waals surface area contributed by atoms with Gasteiger partial charge in [-0.1, -0.05) is 6.07 Å². The van der Waals surface area contributed by atoms with Crippen LogP contribution in [-0.2, 0) is 14.9 Å². The standard InChI is InChI=1S/C14H16N2O3/c17-4-13(5-18-6-13)14(7-19-8-14)10-1-2-11-12(3-10)16-9-15-11/h1-3,9,17H,4-8H2,(H,15,16). The number of H-pyrrole nitrogens is 1. The van der Waals surface area contributed by atoms with Gasteiger partial charge in [0.05, 0.1) is 61.2 Å². The first-order valence-corrected chi connectivity index (χ1v) is 6.50. The highest BCUT2D eigenvalue weighted by Gasteiger charge is 2.60. The van der Waals surface area contributed by atoms with Gasteiger partial charge in [0.2, 0.25) is 0 Å². The molecule has 2 aliphatic rings. The molecule has 2 aromatic rings. The number of aromatic amines is 1. The van der Waals surface area contributed by atoms with Crippen LogP contribution in [0, 0.1) is 5.41 Å². The number of benzene rings is 1. The van der Waals surface area contributed by atoms with E-state index in [2.05, 4.69) is 22.1 Å². The van der Waals surface area contributed by atoms with Crippen molar-refractivity contribution in [3.05, 3.63) is 30.1 Å². The Bertz CT molecular complexity index is 608. The molecule has 0 bridgehead atoms. The molecule has 5 heteroatoms. The maximum Gasteiger partial charge on any atom is 0.0931 e. The van der Waals surface area contributed by atoms with Gasteiger partial charge in [0.1, 0.15) is 0 Å². The summed E-state index contributed by atoms with van der Waals surface area (Å²) in [5.74, 6) is 0. The molecule has 3 heterocycles. The number of aliphatic hydroxyl groups excluding tert-OH is 1. The smallest absolute Gasteiger partial charge is 0.0931 e. The van der Waals surface area contributed by atoms with Crippen LogP contribution in [0.15, 0.2) is 24.5 Å². The van der Waals surface area contributed by atoms with Gasteiger partial charge >= 0.3 is 0 Å². The van der Waals surface area contributed by atoms with E-state index < -0.39 is 0 Å². The molecule has 1 aromatic heterocycles. The summed E-state index contributed by atoms with van der Waals surface area (Å²) in [5.41, 5.74) is 2.87. The second kappa shape index (κ2) is 3.79. The summed E-state index contributed by atoms with van der Waals surface area (Å²) in [6, 6.07) is 6.24. The monoisotopic (exact) mass is 260 g/mol. The molecule has 0 atom stereocenters. The molecule has 2 saturated heterocycles. The number of rotatable bonds is 3. The van der Waals surface area contributed by atoms with Gasteiger partial charge < -0.3 is 19.6 Å². The van der Waals surface area contributed by atoms with Gasteiger partial charge in [-0.2, -0.15) is 0 Å². The van der Waals surface area contributed by atoms with Crippen LogP contribution >= 0.6 is 0 Å². The van der Waals surface area contributed by atoms with Crippen LogP contribution in [0.1, 0.15) is 5.56 Å². The van der Waals surface area contributed by atoms with Crippen molar-refractivity contribution in [3.63, 3.8) is 0 Å². The molecule has 2 aliphatic heterocycles. The number of imidazole rings is 1. The Labute approximate surface area is 110 Å². The lowest BCUT2D eigenvalue weighted by molar-refractivity contribution is -0.242. The predicted molar refractivity (Wildman–Crippen MR) is 68.9 cm³/mol. The van der Waals surface area contributed by atoms with E-state index in [-0.39, 0.29) is 17.4 Å². The lowest BCUT2D eigenvalue weighted by Gasteiger charge is -2.58. The molecule has 0 saturated carbocycles. The highest BCUT2D eigenvalue weighted by atomic mass is 16.5. The minimum atomic E-state index is -0.195. The average Bonchev–Trinajstić information content (AvgIpc) is 2.78. The second-order valence-electron chi connectivity index (χ2n) is 5.64. The van der Waals surface area contributed by atoms with Gasteiger partial charge in [-0.05, 0) is 17.7 Å². The van der Waals surface area contributed by atoms with Crippen LogP contribution < -0.4 is 0 Å². The third kappa shape index (κ3) is 1.32. The van der Waals surface area contributed by atoms with Gasteiger partial charge in [0, 0.05) is 0 Å². The molecule has 0 aliphatic carbocycles. The third-order valence-electron chi connectivity index (χ3n) is 4.74. The minimum Gasteiger partial charge on any atom is -0.396 e. The number of aliphatic hydroxyl groups is 1. The number of hydrogen-bond acceptors (Lipinski definition) is 4. The average molecular weight is 260 g/mol. The number of nitrogens with zero attached hydrogens (tertiary/aromatic N) is 1.